The molecule has 0 aliphatic carbocycles. The van der Waals surface area contributed by atoms with Gasteiger partial charge in [0.05, 0.1) is 22.6 Å². The molecular weight excluding hydrogens is 420 g/mol. The van der Waals surface area contributed by atoms with Gasteiger partial charge in [-0.05, 0) is 54.6 Å². The molecule has 34 heavy (non-hydrogen) atoms. The van der Waals surface area contributed by atoms with Crippen LogP contribution < -0.4 is 0 Å². The molecule has 6 nitrogen and oxygen atoms in total. The minimum absolute atomic E-state index is 0.621. The second kappa shape index (κ2) is 8.60. The molecule has 0 aliphatic rings. The summed E-state index contributed by atoms with van der Waals surface area (Å²) in [6, 6.07) is 23.8. The lowest BCUT2D eigenvalue weighted by Gasteiger charge is -2.10. The second-order valence-electron chi connectivity index (χ2n) is 7.76. The second-order valence-corrected chi connectivity index (χ2v) is 7.76. The number of aromatic nitrogens is 6. The molecule has 0 radical (unpaired) electrons. The third-order valence-corrected chi connectivity index (χ3v) is 5.58. The normalized spacial score (nSPS) is 10.9. The molecule has 0 aliphatic heterocycles. The molecular formula is C28H18N6. The lowest BCUT2D eigenvalue weighted by Crippen LogP contribution is -1.96. The van der Waals surface area contributed by atoms with Crippen molar-refractivity contribution in [3.63, 3.8) is 0 Å². The Kier molecular flexibility index (Phi) is 5.01. The van der Waals surface area contributed by atoms with E-state index >= 15 is 0 Å². The minimum atomic E-state index is 0.621. The van der Waals surface area contributed by atoms with Gasteiger partial charge in [0.1, 0.15) is 0 Å². The number of hydrogen-bond donors (Lipinski definition) is 0. The Morgan fingerprint density at radius 2 is 1.12 bits per heavy atom. The lowest BCUT2D eigenvalue weighted by atomic mass is 10.1. The molecule has 0 spiro atoms. The van der Waals surface area contributed by atoms with Crippen molar-refractivity contribution in [3.05, 3.63) is 110 Å². The highest BCUT2D eigenvalue weighted by atomic mass is 14.9. The zero-order valence-corrected chi connectivity index (χ0v) is 18.1. The molecule has 1 aromatic carbocycles. The first-order chi connectivity index (χ1) is 16.8. The van der Waals surface area contributed by atoms with Gasteiger partial charge in [-0.2, -0.15) is 0 Å². The zero-order chi connectivity index (χ0) is 22.7. The van der Waals surface area contributed by atoms with Crippen molar-refractivity contribution in [1.29, 1.82) is 0 Å². The highest BCUT2D eigenvalue weighted by molar-refractivity contribution is 5.93. The van der Waals surface area contributed by atoms with Gasteiger partial charge in [0.2, 0.25) is 0 Å². The summed E-state index contributed by atoms with van der Waals surface area (Å²) in [4.78, 5) is 27.4. The first kappa shape index (κ1) is 19.8. The van der Waals surface area contributed by atoms with E-state index in [1.165, 1.54) is 0 Å². The molecule has 6 heteroatoms. The minimum Gasteiger partial charge on any atom is -0.264 e. The maximum Gasteiger partial charge on any atom is 0.161 e. The molecule has 5 aromatic heterocycles. The quantitative estimate of drug-likeness (QED) is 0.342. The maximum absolute atomic E-state index is 4.93. The van der Waals surface area contributed by atoms with E-state index in [0.29, 0.717) is 5.82 Å². The molecule has 6 rings (SSSR count). The molecule has 0 bridgehead atoms. The van der Waals surface area contributed by atoms with Crippen LogP contribution in [-0.4, -0.2) is 29.9 Å². The van der Waals surface area contributed by atoms with Crippen LogP contribution in [0.1, 0.15) is 0 Å². The van der Waals surface area contributed by atoms with Gasteiger partial charge in [0, 0.05) is 64.8 Å². The van der Waals surface area contributed by atoms with E-state index in [4.69, 9.17) is 9.97 Å². The van der Waals surface area contributed by atoms with E-state index in [9.17, 15) is 0 Å². The molecule has 160 valence electrons. The van der Waals surface area contributed by atoms with Gasteiger partial charge in [0.15, 0.2) is 5.82 Å². The highest BCUT2D eigenvalue weighted by Gasteiger charge is 2.13. The molecule has 6 aromatic rings. The molecule has 0 saturated carbocycles. The van der Waals surface area contributed by atoms with Crippen LogP contribution in [0.3, 0.4) is 0 Å². The monoisotopic (exact) mass is 438 g/mol. The van der Waals surface area contributed by atoms with E-state index in [1.807, 2.05) is 85.2 Å². The van der Waals surface area contributed by atoms with Crippen molar-refractivity contribution in [1.82, 2.24) is 29.9 Å². The number of rotatable bonds is 4. The number of para-hydroxylation sites is 1. The van der Waals surface area contributed by atoms with Gasteiger partial charge in [0.25, 0.3) is 0 Å². The fraction of sp³-hybridized carbons (Fsp3) is 0. The predicted octanol–water partition coefficient (Wildman–Crippen LogP) is 5.88. The van der Waals surface area contributed by atoms with Crippen LogP contribution in [-0.2, 0) is 0 Å². The number of nitrogens with zero attached hydrogens (tertiary/aromatic N) is 6. The summed E-state index contributed by atoms with van der Waals surface area (Å²) in [6.07, 6.45) is 10.8. The Balaban J connectivity index is 1.42. The molecule has 0 fully saturated rings. The molecule has 0 atom stereocenters. The summed E-state index contributed by atoms with van der Waals surface area (Å²) in [7, 11) is 0. The summed E-state index contributed by atoms with van der Waals surface area (Å²) in [6.45, 7) is 0. The Morgan fingerprint density at radius 1 is 0.471 bits per heavy atom. The van der Waals surface area contributed by atoms with Crippen molar-refractivity contribution >= 4 is 10.9 Å². The van der Waals surface area contributed by atoms with E-state index in [2.05, 4.69) is 19.9 Å². The zero-order valence-electron chi connectivity index (χ0n) is 18.1. The van der Waals surface area contributed by atoms with Crippen LogP contribution in [0.5, 0.6) is 0 Å². The average molecular weight is 438 g/mol. The largest absolute Gasteiger partial charge is 0.264 e. The van der Waals surface area contributed by atoms with Gasteiger partial charge in [-0.15, -0.1) is 0 Å². The van der Waals surface area contributed by atoms with E-state index < -0.39 is 0 Å². The topological polar surface area (TPSA) is 77.3 Å². The van der Waals surface area contributed by atoms with Crippen LogP contribution in [0, 0.1) is 0 Å². The molecule has 0 unspecified atom stereocenters. The van der Waals surface area contributed by atoms with E-state index in [1.54, 1.807) is 24.8 Å². The van der Waals surface area contributed by atoms with E-state index in [-0.39, 0.29) is 0 Å². The molecule has 0 N–H and O–H groups in total. The highest BCUT2D eigenvalue weighted by Crippen LogP contribution is 2.30. The molecule has 0 amide bonds. The van der Waals surface area contributed by atoms with Crippen LogP contribution >= 0.6 is 0 Å². The fourth-order valence-electron chi connectivity index (χ4n) is 3.86. The first-order valence-corrected chi connectivity index (χ1v) is 10.9. The Bertz CT molecular complexity index is 1570. The fourth-order valence-corrected chi connectivity index (χ4v) is 3.86. The molecule has 5 heterocycles. The number of fused-ring (bicyclic) bond motifs is 1. The van der Waals surface area contributed by atoms with E-state index in [0.717, 1.165) is 50.2 Å². The summed E-state index contributed by atoms with van der Waals surface area (Å²) < 4.78 is 0. The third-order valence-electron chi connectivity index (χ3n) is 5.58. The predicted molar refractivity (Wildman–Crippen MR) is 132 cm³/mol. The Hall–Kier alpha value is -4.84. The van der Waals surface area contributed by atoms with Crippen LogP contribution in [0.2, 0.25) is 0 Å². The third kappa shape index (κ3) is 3.78. The summed E-state index contributed by atoms with van der Waals surface area (Å²) in [5.41, 5.74) is 7.14. The summed E-state index contributed by atoms with van der Waals surface area (Å²) >= 11 is 0. The van der Waals surface area contributed by atoms with Crippen molar-refractivity contribution in [2.45, 2.75) is 0 Å². The summed E-state index contributed by atoms with van der Waals surface area (Å²) in [5.74, 6) is 0.621. The van der Waals surface area contributed by atoms with Crippen molar-refractivity contribution < 1.29 is 0 Å². The number of hydrogen-bond acceptors (Lipinski definition) is 6. The number of benzene rings is 1. The molecule has 0 saturated heterocycles. The van der Waals surface area contributed by atoms with Crippen LogP contribution in [0.25, 0.3) is 56.1 Å². The van der Waals surface area contributed by atoms with Crippen molar-refractivity contribution in [2.75, 3.05) is 0 Å². The van der Waals surface area contributed by atoms with Crippen LogP contribution in [0.15, 0.2) is 110 Å². The average Bonchev–Trinajstić information content (AvgIpc) is 2.94. The number of pyridine rings is 4. The Morgan fingerprint density at radius 3 is 1.71 bits per heavy atom. The smallest absolute Gasteiger partial charge is 0.161 e. The Labute approximate surface area is 196 Å². The SMILES string of the molecule is c1cncc(-c2ccc(-c3nc(-c4ccc(-c5cccnc5)nc4)c4ccccc4n3)cn2)c1. The summed E-state index contributed by atoms with van der Waals surface area (Å²) in [5, 5.41) is 0.974. The van der Waals surface area contributed by atoms with Gasteiger partial charge < -0.3 is 0 Å². The van der Waals surface area contributed by atoms with Gasteiger partial charge in [-0.25, -0.2) is 9.97 Å². The lowest BCUT2D eigenvalue weighted by molar-refractivity contribution is 1.20. The van der Waals surface area contributed by atoms with Gasteiger partial charge in [-0.3, -0.25) is 19.9 Å². The van der Waals surface area contributed by atoms with Crippen molar-refractivity contribution in [2.24, 2.45) is 0 Å². The van der Waals surface area contributed by atoms with Crippen LogP contribution in [0.4, 0.5) is 0 Å². The standard InChI is InChI=1S/C28H18N6/c1-2-8-26-23(7-1)27(21-9-11-24(31-17-21)19-5-3-13-29-15-19)34-28(33-26)22-10-12-25(32-18-22)20-6-4-14-30-16-20/h1-18H. The van der Waals surface area contributed by atoms with Gasteiger partial charge >= 0.3 is 0 Å². The van der Waals surface area contributed by atoms with Gasteiger partial charge in [-0.1, -0.05) is 18.2 Å². The first-order valence-electron chi connectivity index (χ1n) is 10.9. The maximum atomic E-state index is 4.93. The van der Waals surface area contributed by atoms with Crippen molar-refractivity contribution in [3.8, 4) is 45.2 Å².